The van der Waals surface area contributed by atoms with E-state index >= 15 is 0 Å². The van der Waals surface area contributed by atoms with Gasteiger partial charge in [0, 0.05) is 32.3 Å². The number of nitrogens with two attached hydrogens (primary N) is 1. The predicted octanol–water partition coefficient (Wildman–Crippen LogP) is 4.11. The Morgan fingerprint density at radius 3 is 2.41 bits per heavy atom. The summed E-state index contributed by atoms with van der Waals surface area (Å²) in [6.07, 6.45) is 4.46. The second-order valence-electron chi connectivity index (χ2n) is 13.9. The average molecular weight is 700 g/mol. The van der Waals surface area contributed by atoms with Gasteiger partial charge in [-0.15, -0.1) is 11.8 Å². The Bertz CT molecular complexity index is 1190. The van der Waals surface area contributed by atoms with E-state index in [4.69, 9.17) is 28.9 Å². The number of amides is 4. The molecule has 258 valence electrons. The lowest BCUT2D eigenvalue weighted by Gasteiger charge is -2.40. The molecule has 0 spiro atoms. The Hall–Kier alpha value is -2.05. The van der Waals surface area contributed by atoms with E-state index in [2.05, 4.69) is 21.3 Å². The number of carbonyl (C=O) groups excluding carboxylic acids is 4. The molecule has 0 radical (unpaired) electrons. The fraction of sp³-hybridized carbons (Fsp3) is 0.697. The summed E-state index contributed by atoms with van der Waals surface area (Å²) in [5.41, 5.74) is 5.29. The highest BCUT2D eigenvalue weighted by molar-refractivity contribution is 7.99. The van der Waals surface area contributed by atoms with Gasteiger partial charge in [0.1, 0.15) is 6.04 Å². The highest BCUT2D eigenvalue weighted by Crippen LogP contribution is 2.34. The first-order valence-corrected chi connectivity index (χ1v) is 18.1. The fourth-order valence-electron chi connectivity index (χ4n) is 6.28. The van der Waals surface area contributed by atoms with Gasteiger partial charge in [-0.3, -0.25) is 24.1 Å². The Balaban J connectivity index is 2.09. The minimum absolute atomic E-state index is 0.127. The molecule has 13 heteroatoms. The minimum atomic E-state index is -0.799. The Labute approximate surface area is 288 Å². The first-order valence-electron chi connectivity index (χ1n) is 16.4. The van der Waals surface area contributed by atoms with Gasteiger partial charge in [-0.25, -0.2) is 0 Å². The van der Waals surface area contributed by atoms with Crippen LogP contribution in [0.5, 0.6) is 0 Å². The monoisotopic (exact) mass is 698 g/mol. The minimum Gasteiger partial charge on any atom is -0.352 e. The summed E-state index contributed by atoms with van der Waals surface area (Å²) >= 11 is 14.2. The Kier molecular flexibility index (Phi) is 15.0. The van der Waals surface area contributed by atoms with Crippen LogP contribution in [0.4, 0.5) is 0 Å². The van der Waals surface area contributed by atoms with Gasteiger partial charge in [-0.1, -0.05) is 43.5 Å². The smallest absolute Gasteiger partial charge is 0.243 e. The van der Waals surface area contributed by atoms with Crippen molar-refractivity contribution in [1.29, 1.82) is 0 Å². The number of nitrogens with zero attached hydrogens (tertiary/aromatic N) is 1. The summed E-state index contributed by atoms with van der Waals surface area (Å²) in [6, 6.07) is 3.03. The lowest BCUT2D eigenvalue weighted by Crippen LogP contribution is -2.61. The largest absolute Gasteiger partial charge is 0.352 e. The molecule has 2 fully saturated rings. The molecule has 10 nitrogen and oxygen atoms in total. The van der Waals surface area contributed by atoms with Crippen LogP contribution >= 0.6 is 35.0 Å². The molecule has 2 saturated heterocycles. The van der Waals surface area contributed by atoms with E-state index in [0.717, 1.165) is 24.2 Å². The molecule has 1 aromatic carbocycles. The maximum atomic E-state index is 14.3. The van der Waals surface area contributed by atoms with Gasteiger partial charge in [0.25, 0.3) is 0 Å². The molecule has 0 aliphatic carbocycles. The quantitative estimate of drug-likeness (QED) is 0.183. The van der Waals surface area contributed by atoms with E-state index in [9.17, 15) is 19.2 Å². The summed E-state index contributed by atoms with van der Waals surface area (Å²) in [6.45, 7) is 10.6. The molecule has 5 atom stereocenters. The highest BCUT2D eigenvalue weighted by Gasteiger charge is 2.44. The zero-order valence-corrected chi connectivity index (χ0v) is 30.1. The molecule has 0 aromatic heterocycles. The highest BCUT2D eigenvalue weighted by atomic mass is 35.5. The number of nitrogens with one attached hydrogen (secondary N) is 4. The average Bonchev–Trinajstić information content (AvgIpc) is 3.41. The maximum absolute atomic E-state index is 14.3. The SMILES string of the molecule is CC(C)C[C@H]1NC(=O)[C@@H]2CCCN2[C@H](C(=O)NC(C)(C)C)C(CSc2cc(Cl)cc(Cl)c2)C[C@H](CCCCN)NC(=O)CNC1=O. The first-order chi connectivity index (χ1) is 21.7. The lowest BCUT2D eigenvalue weighted by molar-refractivity contribution is -0.136. The van der Waals surface area contributed by atoms with Gasteiger partial charge in [0.15, 0.2) is 0 Å². The van der Waals surface area contributed by atoms with E-state index in [1.807, 2.05) is 51.7 Å². The van der Waals surface area contributed by atoms with Crippen molar-refractivity contribution in [2.45, 2.75) is 114 Å². The van der Waals surface area contributed by atoms with Crippen molar-refractivity contribution in [3.63, 3.8) is 0 Å². The van der Waals surface area contributed by atoms with E-state index in [1.165, 1.54) is 0 Å². The second-order valence-corrected chi connectivity index (χ2v) is 15.9. The van der Waals surface area contributed by atoms with Crippen molar-refractivity contribution in [2.75, 3.05) is 25.4 Å². The number of carbonyl (C=O) groups is 4. The zero-order valence-electron chi connectivity index (χ0n) is 27.8. The summed E-state index contributed by atoms with van der Waals surface area (Å²) < 4.78 is 0. The zero-order chi connectivity index (χ0) is 34.0. The number of benzene rings is 1. The molecular weight excluding hydrogens is 647 g/mol. The standard InChI is InChI=1S/C33H52Cl2N6O4S/c1-20(2)13-26-30(43)37-18-28(42)38-24(9-6-7-11-36)14-21(19-46-25-16-22(34)15-23(35)17-25)29(32(45)40-33(3,4)5)41-12-8-10-27(41)31(44)39-26/h15-17,20-21,24,26-27,29H,6-14,18-19,36H2,1-5H3,(H,37,43)(H,38,42)(H,39,44)(H,40,45)/t21?,24-,26+,27-,29-/m0/s1. The van der Waals surface area contributed by atoms with Crippen LogP contribution in [-0.4, -0.2) is 83.6 Å². The van der Waals surface area contributed by atoms with Crippen LogP contribution < -0.4 is 27.0 Å². The number of thioether (sulfide) groups is 1. The molecule has 6 N–H and O–H groups in total. The third kappa shape index (κ3) is 12.2. The molecule has 0 bridgehead atoms. The maximum Gasteiger partial charge on any atom is 0.243 e. The number of rotatable bonds is 10. The number of hydrogen-bond acceptors (Lipinski definition) is 7. The fourth-order valence-corrected chi connectivity index (χ4v) is 8.08. The van der Waals surface area contributed by atoms with Crippen LogP contribution in [0.2, 0.25) is 10.0 Å². The van der Waals surface area contributed by atoms with Gasteiger partial charge in [0.05, 0.1) is 18.6 Å². The topological polar surface area (TPSA) is 146 Å². The van der Waals surface area contributed by atoms with Crippen LogP contribution in [0, 0.1) is 11.8 Å². The number of hydrogen-bond donors (Lipinski definition) is 5. The molecule has 3 rings (SSSR count). The van der Waals surface area contributed by atoms with Gasteiger partial charge in [-0.2, -0.15) is 0 Å². The third-order valence-electron chi connectivity index (χ3n) is 8.19. The van der Waals surface area contributed by atoms with Crippen molar-refractivity contribution in [3.8, 4) is 0 Å². The van der Waals surface area contributed by atoms with Crippen LogP contribution in [0.1, 0.15) is 79.6 Å². The summed E-state index contributed by atoms with van der Waals surface area (Å²) in [4.78, 5) is 57.6. The summed E-state index contributed by atoms with van der Waals surface area (Å²) in [5, 5.41) is 13.1. The van der Waals surface area contributed by atoms with E-state index in [1.54, 1.807) is 17.8 Å². The van der Waals surface area contributed by atoms with E-state index in [-0.39, 0.29) is 42.1 Å². The molecule has 0 saturated carbocycles. The van der Waals surface area contributed by atoms with Gasteiger partial charge in [0.2, 0.25) is 23.6 Å². The molecule has 1 aromatic rings. The van der Waals surface area contributed by atoms with Crippen molar-refractivity contribution in [2.24, 2.45) is 17.6 Å². The van der Waals surface area contributed by atoms with Crippen LogP contribution in [0.15, 0.2) is 23.1 Å². The Morgan fingerprint density at radius 2 is 1.78 bits per heavy atom. The molecule has 46 heavy (non-hydrogen) atoms. The number of fused-ring (bicyclic) bond motifs is 1. The van der Waals surface area contributed by atoms with E-state index in [0.29, 0.717) is 54.6 Å². The van der Waals surface area contributed by atoms with Crippen LogP contribution in [-0.2, 0) is 19.2 Å². The lowest BCUT2D eigenvalue weighted by atomic mass is 9.88. The van der Waals surface area contributed by atoms with Crippen molar-refractivity contribution < 1.29 is 19.2 Å². The molecule has 2 aliphatic heterocycles. The number of unbranched alkanes of at least 4 members (excludes halogenated alkanes) is 1. The second kappa shape index (κ2) is 17.9. The molecule has 2 aliphatic rings. The molecule has 4 amide bonds. The normalized spacial score (nSPS) is 25.3. The predicted molar refractivity (Wildman–Crippen MR) is 186 cm³/mol. The first kappa shape index (κ1) is 38.4. The molecule has 2 heterocycles. The van der Waals surface area contributed by atoms with Crippen molar-refractivity contribution in [3.05, 3.63) is 28.2 Å². The van der Waals surface area contributed by atoms with Crippen LogP contribution in [0.25, 0.3) is 0 Å². The summed E-state index contributed by atoms with van der Waals surface area (Å²) in [7, 11) is 0. The van der Waals surface area contributed by atoms with Crippen molar-refractivity contribution in [1.82, 2.24) is 26.2 Å². The Morgan fingerprint density at radius 1 is 1.09 bits per heavy atom. The third-order valence-corrected chi connectivity index (χ3v) is 9.79. The molecular formula is C33H52Cl2N6O4S. The van der Waals surface area contributed by atoms with E-state index < -0.39 is 29.6 Å². The van der Waals surface area contributed by atoms with Crippen LogP contribution in [0.3, 0.4) is 0 Å². The number of halogens is 2. The summed E-state index contributed by atoms with van der Waals surface area (Å²) in [5.74, 6) is -0.790. The molecule has 1 unspecified atom stereocenters. The van der Waals surface area contributed by atoms with Gasteiger partial charge < -0.3 is 27.0 Å². The van der Waals surface area contributed by atoms with Gasteiger partial charge in [-0.05, 0) is 102 Å². The van der Waals surface area contributed by atoms with Crippen molar-refractivity contribution >= 4 is 58.6 Å². The van der Waals surface area contributed by atoms with Gasteiger partial charge >= 0.3 is 0 Å².